The minimum atomic E-state index is -0.722. The molecule has 1 aliphatic carbocycles. The zero-order valence-electron chi connectivity index (χ0n) is 12.0. The molecule has 0 bridgehead atoms. The van der Waals surface area contributed by atoms with Gasteiger partial charge < -0.3 is 9.84 Å². The van der Waals surface area contributed by atoms with Gasteiger partial charge in [-0.1, -0.05) is 38.2 Å². The molecule has 1 N–H and O–H groups in total. The summed E-state index contributed by atoms with van der Waals surface area (Å²) in [6, 6.07) is 0. The van der Waals surface area contributed by atoms with Crippen molar-refractivity contribution in [3.05, 3.63) is 24.3 Å². The van der Waals surface area contributed by atoms with Crippen LogP contribution >= 0.6 is 0 Å². The van der Waals surface area contributed by atoms with Gasteiger partial charge in [0.05, 0.1) is 12.0 Å². The van der Waals surface area contributed by atoms with Crippen molar-refractivity contribution in [2.24, 2.45) is 5.41 Å². The van der Waals surface area contributed by atoms with E-state index in [-0.39, 0.29) is 5.97 Å². The van der Waals surface area contributed by atoms with Crippen molar-refractivity contribution < 1.29 is 19.4 Å². The summed E-state index contributed by atoms with van der Waals surface area (Å²) in [5, 5.41) is 8.90. The number of hydrogen-bond donors (Lipinski definition) is 1. The van der Waals surface area contributed by atoms with Gasteiger partial charge in [-0.3, -0.25) is 9.59 Å². The number of allylic oxidation sites excluding steroid dienone is 3. The van der Waals surface area contributed by atoms with Gasteiger partial charge in [-0.25, -0.2) is 0 Å². The van der Waals surface area contributed by atoms with Crippen LogP contribution in [0, 0.1) is 5.41 Å². The zero-order valence-corrected chi connectivity index (χ0v) is 12.0. The van der Waals surface area contributed by atoms with Crippen LogP contribution in [0.4, 0.5) is 0 Å². The Bertz CT molecular complexity index is 336. The van der Waals surface area contributed by atoms with Crippen LogP contribution in [-0.4, -0.2) is 23.7 Å². The number of esters is 1. The van der Waals surface area contributed by atoms with E-state index in [1.54, 1.807) is 12.2 Å². The third kappa shape index (κ3) is 6.22. The molecule has 1 aliphatic rings. The number of carbonyl (C=O) groups is 2. The summed E-state index contributed by atoms with van der Waals surface area (Å²) in [4.78, 5) is 21.2. The van der Waals surface area contributed by atoms with Crippen molar-refractivity contribution >= 4 is 11.9 Å². The van der Waals surface area contributed by atoms with Crippen LogP contribution in [0.5, 0.6) is 0 Å². The average molecular weight is 268 g/mol. The van der Waals surface area contributed by atoms with E-state index in [2.05, 4.69) is 4.74 Å². The first kappa shape index (κ1) is 17.4. The Hall–Kier alpha value is -1.58. The molecule has 0 saturated heterocycles. The van der Waals surface area contributed by atoms with Gasteiger partial charge in [0.15, 0.2) is 0 Å². The van der Waals surface area contributed by atoms with E-state index in [9.17, 15) is 9.59 Å². The van der Waals surface area contributed by atoms with E-state index in [0.717, 1.165) is 6.42 Å². The van der Waals surface area contributed by atoms with Crippen LogP contribution in [0.1, 0.15) is 46.5 Å². The number of carbonyl (C=O) groups excluding carboxylic acids is 1. The van der Waals surface area contributed by atoms with Gasteiger partial charge in [-0.05, 0) is 26.2 Å². The minimum Gasteiger partial charge on any atom is -0.481 e. The first-order chi connectivity index (χ1) is 9.02. The van der Waals surface area contributed by atoms with Crippen LogP contribution in [-0.2, 0) is 14.3 Å². The molecule has 1 unspecified atom stereocenters. The lowest BCUT2D eigenvalue weighted by Crippen LogP contribution is -2.28. The lowest BCUT2D eigenvalue weighted by molar-refractivity contribution is -0.146. The standard InChI is InChI=1S/C9H12O2.C6H12O2/c1-2-9(8(10)11)6-4-3-5-7-9;1-3-5-6(7)8-4-2/h3-6H,2,7H2,1H3,(H,10,11);3-5H2,1-2H3. The number of aliphatic carboxylic acids is 1. The fourth-order valence-electron chi connectivity index (χ4n) is 1.67. The molecule has 0 aromatic heterocycles. The molecular formula is C15H24O4. The van der Waals surface area contributed by atoms with E-state index < -0.39 is 11.4 Å². The molecule has 0 heterocycles. The largest absolute Gasteiger partial charge is 0.481 e. The predicted molar refractivity (Wildman–Crippen MR) is 74.8 cm³/mol. The molecule has 4 heteroatoms. The van der Waals surface area contributed by atoms with E-state index in [1.165, 1.54) is 0 Å². The molecule has 19 heavy (non-hydrogen) atoms. The van der Waals surface area contributed by atoms with Crippen molar-refractivity contribution in [2.75, 3.05) is 6.61 Å². The van der Waals surface area contributed by atoms with Crippen molar-refractivity contribution in [3.63, 3.8) is 0 Å². The second-order valence-corrected chi connectivity index (χ2v) is 4.36. The van der Waals surface area contributed by atoms with Crippen molar-refractivity contribution in [1.29, 1.82) is 0 Å². The summed E-state index contributed by atoms with van der Waals surface area (Å²) in [7, 11) is 0. The minimum absolute atomic E-state index is 0.0880. The van der Waals surface area contributed by atoms with E-state index in [4.69, 9.17) is 5.11 Å². The molecule has 0 fully saturated rings. The molecule has 108 valence electrons. The lowest BCUT2D eigenvalue weighted by Gasteiger charge is -2.24. The molecule has 0 saturated carbocycles. The second-order valence-electron chi connectivity index (χ2n) is 4.36. The number of carboxylic acids is 1. The zero-order chi connectivity index (χ0) is 14.7. The smallest absolute Gasteiger partial charge is 0.313 e. The molecule has 0 amide bonds. The topological polar surface area (TPSA) is 63.6 Å². The van der Waals surface area contributed by atoms with Gasteiger partial charge in [0.1, 0.15) is 0 Å². The molecule has 0 aromatic carbocycles. The second kappa shape index (κ2) is 9.36. The molecule has 0 aliphatic heterocycles. The first-order valence-electron chi connectivity index (χ1n) is 6.75. The van der Waals surface area contributed by atoms with Crippen molar-refractivity contribution in [2.45, 2.75) is 46.5 Å². The molecular weight excluding hydrogens is 244 g/mol. The third-order valence-electron chi connectivity index (χ3n) is 2.96. The molecule has 0 radical (unpaired) electrons. The van der Waals surface area contributed by atoms with Gasteiger partial charge in [0.25, 0.3) is 0 Å². The van der Waals surface area contributed by atoms with Crippen LogP contribution in [0.2, 0.25) is 0 Å². The Balaban J connectivity index is 0.000000362. The summed E-state index contributed by atoms with van der Waals surface area (Å²) in [5.41, 5.74) is -0.630. The van der Waals surface area contributed by atoms with Crippen molar-refractivity contribution in [1.82, 2.24) is 0 Å². The first-order valence-corrected chi connectivity index (χ1v) is 6.75. The highest BCUT2D eigenvalue weighted by Gasteiger charge is 2.33. The van der Waals surface area contributed by atoms with E-state index in [1.807, 2.05) is 32.9 Å². The summed E-state index contributed by atoms with van der Waals surface area (Å²) in [6.45, 7) is 6.17. The van der Waals surface area contributed by atoms with Gasteiger partial charge >= 0.3 is 11.9 Å². The van der Waals surface area contributed by atoms with E-state index >= 15 is 0 Å². The summed E-state index contributed by atoms with van der Waals surface area (Å²) >= 11 is 0. The highest BCUT2D eigenvalue weighted by atomic mass is 16.5. The SMILES string of the molecule is CCC1(C(=O)O)C=CC=CC1.CCCC(=O)OCC. The van der Waals surface area contributed by atoms with Crippen LogP contribution in [0.25, 0.3) is 0 Å². The van der Waals surface area contributed by atoms with Crippen LogP contribution < -0.4 is 0 Å². The fraction of sp³-hybridized carbons (Fsp3) is 0.600. The lowest BCUT2D eigenvalue weighted by atomic mass is 9.79. The number of hydrogen-bond acceptors (Lipinski definition) is 3. The normalized spacial score (nSPS) is 20.4. The predicted octanol–water partition coefficient (Wildman–Crippen LogP) is 3.33. The Morgan fingerprint density at radius 3 is 2.26 bits per heavy atom. The average Bonchev–Trinajstić information content (AvgIpc) is 2.40. The Morgan fingerprint density at radius 1 is 1.26 bits per heavy atom. The maximum absolute atomic E-state index is 10.8. The Morgan fingerprint density at radius 2 is 1.95 bits per heavy atom. The number of rotatable bonds is 5. The van der Waals surface area contributed by atoms with Gasteiger partial charge in [0, 0.05) is 6.42 Å². The Kier molecular flexibility index (Phi) is 8.58. The monoisotopic (exact) mass is 268 g/mol. The fourth-order valence-corrected chi connectivity index (χ4v) is 1.67. The van der Waals surface area contributed by atoms with Crippen molar-refractivity contribution in [3.8, 4) is 0 Å². The highest BCUT2D eigenvalue weighted by molar-refractivity contribution is 5.77. The maximum atomic E-state index is 10.8. The number of ether oxygens (including phenoxy) is 1. The summed E-state index contributed by atoms with van der Waals surface area (Å²) in [5.74, 6) is -0.810. The highest BCUT2D eigenvalue weighted by Crippen LogP contribution is 2.31. The summed E-state index contributed by atoms with van der Waals surface area (Å²) < 4.78 is 4.64. The third-order valence-corrected chi connectivity index (χ3v) is 2.96. The molecule has 0 aromatic rings. The molecule has 1 atom stereocenters. The van der Waals surface area contributed by atoms with Gasteiger partial charge in [-0.15, -0.1) is 0 Å². The van der Waals surface area contributed by atoms with E-state index in [0.29, 0.717) is 25.9 Å². The van der Waals surface area contributed by atoms with Crippen LogP contribution in [0.3, 0.4) is 0 Å². The number of carboxylic acid groups (broad SMARTS) is 1. The molecule has 0 spiro atoms. The van der Waals surface area contributed by atoms with Crippen LogP contribution in [0.15, 0.2) is 24.3 Å². The molecule has 4 nitrogen and oxygen atoms in total. The Labute approximate surface area is 115 Å². The summed E-state index contributed by atoms with van der Waals surface area (Å²) in [6.07, 6.45) is 10.1. The quantitative estimate of drug-likeness (QED) is 0.777. The van der Waals surface area contributed by atoms with Gasteiger partial charge in [-0.2, -0.15) is 0 Å². The maximum Gasteiger partial charge on any atom is 0.313 e. The molecule has 1 rings (SSSR count). The van der Waals surface area contributed by atoms with Gasteiger partial charge in [0.2, 0.25) is 0 Å².